The second-order valence-corrected chi connectivity index (χ2v) is 3.82. The Hall–Kier alpha value is -0.0151. The zero-order valence-corrected chi connectivity index (χ0v) is 7.63. The first kappa shape index (κ1) is 9.08. The molecule has 0 saturated carbocycles. The summed E-state index contributed by atoms with van der Waals surface area (Å²) in [6.45, 7) is 5.82. The Labute approximate surface area is 69.2 Å². The maximum absolute atomic E-state index is 9.77. The van der Waals surface area contributed by atoms with Crippen LogP contribution in [0.1, 0.15) is 27.2 Å². The predicted molar refractivity (Wildman–Crippen MR) is 47.2 cm³/mol. The van der Waals surface area contributed by atoms with E-state index in [1.54, 1.807) is 6.92 Å². The maximum Gasteiger partial charge on any atom is 0.158 e. The van der Waals surface area contributed by atoms with E-state index >= 15 is 0 Å². The van der Waals surface area contributed by atoms with Gasteiger partial charge in [0, 0.05) is 0 Å². The monoisotopic (exact) mass is 156 g/mol. The van der Waals surface area contributed by atoms with Crippen molar-refractivity contribution in [1.29, 1.82) is 0 Å². The average Bonchev–Trinajstić information content (AvgIpc) is 1.93. The zero-order valence-electron chi connectivity index (χ0n) is 7.63. The van der Waals surface area contributed by atoms with E-state index in [2.05, 4.69) is 0 Å². The van der Waals surface area contributed by atoms with Crippen molar-refractivity contribution in [1.82, 2.24) is 0 Å². The van der Waals surface area contributed by atoms with Gasteiger partial charge in [0.05, 0.1) is 6.10 Å². The third-order valence-corrected chi connectivity index (χ3v) is 2.60. The van der Waals surface area contributed by atoms with Crippen LogP contribution in [0.2, 0.25) is 12.1 Å². The van der Waals surface area contributed by atoms with Gasteiger partial charge in [0.15, 0.2) is 5.79 Å². The molecule has 1 aliphatic rings. The minimum atomic E-state index is -0.907. The van der Waals surface area contributed by atoms with E-state index in [9.17, 15) is 5.11 Å². The molecule has 1 aliphatic heterocycles. The summed E-state index contributed by atoms with van der Waals surface area (Å²) in [5.74, 6) is -0.650. The van der Waals surface area contributed by atoms with Crippen molar-refractivity contribution in [3.05, 3.63) is 0 Å². The number of aliphatic hydroxyl groups is 1. The Morgan fingerprint density at radius 2 is 2.18 bits per heavy atom. The van der Waals surface area contributed by atoms with Crippen LogP contribution in [0.4, 0.5) is 0 Å². The molecule has 0 aromatic heterocycles. The highest BCUT2D eigenvalue weighted by molar-refractivity contribution is 6.37. The number of hydrogen-bond acceptors (Lipinski definition) is 2. The molecule has 0 radical (unpaired) electrons. The molecule has 11 heavy (non-hydrogen) atoms. The molecular formula is C8H17BO2. The van der Waals surface area contributed by atoms with Gasteiger partial charge < -0.3 is 9.84 Å². The van der Waals surface area contributed by atoms with Crippen molar-refractivity contribution in [3.63, 3.8) is 0 Å². The first-order valence-electron chi connectivity index (χ1n) is 4.42. The summed E-state index contributed by atoms with van der Waals surface area (Å²) in [7, 11) is 1.07. The largest absolute Gasteiger partial charge is 0.366 e. The summed E-state index contributed by atoms with van der Waals surface area (Å²) < 4.78 is 5.47. The van der Waals surface area contributed by atoms with E-state index < -0.39 is 5.79 Å². The molecule has 1 rings (SSSR count). The van der Waals surface area contributed by atoms with Crippen molar-refractivity contribution in [3.8, 4) is 0 Å². The van der Waals surface area contributed by atoms with Gasteiger partial charge in [-0.3, -0.25) is 0 Å². The van der Waals surface area contributed by atoms with Crippen LogP contribution in [-0.2, 0) is 4.74 Å². The van der Waals surface area contributed by atoms with Gasteiger partial charge in [0.1, 0.15) is 7.28 Å². The van der Waals surface area contributed by atoms with E-state index in [-0.39, 0.29) is 11.9 Å². The highest BCUT2D eigenvalue weighted by Gasteiger charge is 2.33. The molecule has 0 spiro atoms. The molecule has 64 valence electrons. The first-order valence-corrected chi connectivity index (χ1v) is 4.42. The van der Waals surface area contributed by atoms with Crippen molar-refractivity contribution in [2.45, 2.75) is 51.2 Å². The zero-order chi connectivity index (χ0) is 8.48. The molecule has 0 bridgehead atoms. The van der Waals surface area contributed by atoms with Gasteiger partial charge in [0.25, 0.3) is 0 Å². The Bertz CT molecular complexity index is 136. The van der Waals surface area contributed by atoms with Crippen molar-refractivity contribution < 1.29 is 9.84 Å². The lowest BCUT2D eigenvalue weighted by atomic mass is 9.59. The molecule has 0 aromatic carbocycles. The standard InChI is InChI=1S/C8H17BO2/c1-6-4-5-9-7(2)8(3,10)11-6/h6-7,9-10H,4-5H2,1-3H3. The summed E-state index contributed by atoms with van der Waals surface area (Å²) in [5.41, 5.74) is 0. The van der Waals surface area contributed by atoms with Crippen LogP contribution in [0.5, 0.6) is 0 Å². The first-order chi connectivity index (χ1) is 5.02. The predicted octanol–water partition coefficient (Wildman–Crippen LogP) is 1.17. The van der Waals surface area contributed by atoms with Crippen LogP contribution in [0, 0.1) is 0 Å². The summed E-state index contributed by atoms with van der Waals surface area (Å²) in [6.07, 6.45) is 2.44. The van der Waals surface area contributed by atoms with Crippen LogP contribution >= 0.6 is 0 Å². The molecule has 1 heterocycles. The normalized spacial score (nSPS) is 46.2. The van der Waals surface area contributed by atoms with Crippen molar-refractivity contribution >= 4 is 7.28 Å². The van der Waals surface area contributed by atoms with Crippen LogP contribution in [0.25, 0.3) is 0 Å². The lowest BCUT2D eigenvalue weighted by Gasteiger charge is -2.29. The summed E-state index contributed by atoms with van der Waals surface area (Å²) in [6, 6.07) is 0. The molecule has 3 heteroatoms. The van der Waals surface area contributed by atoms with Gasteiger partial charge in [0.2, 0.25) is 0 Å². The van der Waals surface area contributed by atoms with E-state index in [4.69, 9.17) is 4.74 Å². The lowest BCUT2D eigenvalue weighted by molar-refractivity contribution is -0.212. The van der Waals surface area contributed by atoms with Crippen LogP contribution in [0.3, 0.4) is 0 Å². The van der Waals surface area contributed by atoms with Gasteiger partial charge in [-0.2, -0.15) is 0 Å². The van der Waals surface area contributed by atoms with Gasteiger partial charge >= 0.3 is 0 Å². The summed E-state index contributed by atoms with van der Waals surface area (Å²) in [5, 5.41) is 9.77. The molecule has 1 N–H and O–H groups in total. The minimum absolute atomic E-state index is 0.204. The van der Waals surface area contributed by atoms with Gasteiger partial charge in [-0.25, -0.2) is 0 Å². The third-order valence-electron chi connectivity index (χ3n) is 2.60. The Kier molecular flexibility index (Phi) is 2.60. The van der Waals surface area contributed by atoms with Gasteiger partial charge in [-0.05, 0) is 26.1 Å². The third kappa shape index (κ3) is 2.21. The van der Waals surface area contributed by atoms with Crippen molar-refractivity contribution in [2.24, 2.45) is 0 Å². The van der Waals surface area contributed by atoms with Gasteiger partial charge in [-0.15, -0.1) is 0 Å². The van der Waals surface area contributed by atoms with E-state index in [1.807, 2.05) is 13.8 Å². The second kappa shape index (κ2) is 3.15. The number of hydrogen-bond donors (Lipinski definition) is 1. The fourth-order valence-corrected chi connectivity index (χ4v) is 1.56. The quantitative estimate of drug-likeness (QED) is 0.533. The van der Waals surface area contributed by atoms with Gasteiger partial charge in [-0.1, -0.05) is 13.2 Å². The molecule has 3 atom stereocenters. The molecule has 0 aliphatic carbocycles. The fraction of sp³-hybridized carbons (Fsp3) is 1.00. The van der Waals surface area contributed by atoms with E-state index in [1.165, 1.54) is 6.32 Å². The SMILES string of the molecule is CC1CCBC(C)C(C)(O)O1. The molecular weight excluding hydrogens is 139 g/mol. The minimum Gasteiger partial charge on any atom is -0.366 e. The topological polar surface area (TPSA) is 29.5 Å². The number of ether oxygens (including phenoxy) is 1. The van der Waals surface area contributed by atoms with E-state index in [0.717, 1.165) is 13.7 Å². The molecule has 0 amide bonds. The highest BCUT2D eigenvalue weighted by atomic mass is 16.6. The molecule has 3 unspecified atom stereocenters. The van der Waals surface area contributed by atoms with Crippen LogP contribution in [0.15, 0.2) is 0 Å². The maximum atomic E-state index is 9.77. The Balaban J connectivity index is 2.60. The highest BCUT2D eigenvalue weighted by Crippen LogP contribution is 2.30. The molecule has 1 fully saturated rings. The Morgan fingerprint density at radius 3 is 2.82 bits per heavy atom. The van der Waals surface area contributed by atoms with Crippen LogP contribution in [-0.4, -0.2) is 24.3 Å². The average molecular weight is 156 g/mol. The second-order valence-electron chi connectivity index (χ2n) is 3.82. The van der Waals surface area contributed by atoms with Crippen LogP contribution < -0.4 is 0 Å². The summed E-state index contributed by atoms with van der Waals surface area (Å²) >= 11 is 0. The fourth-order valence-electron chi connectivity index (χ4n) is 1.56. The smallest absolute Gasteiger partial charge is 0.158 e. The van der Waals surface area contributed by atoms with E-state index in [0.29, 0.717) is 0 Å². The lowest BCUT2D eigenvalue weighted by Crippen LogP contribution is -2.35. The number of rotatable bonds is 0. The molecule has 1 saturated heterocycles. The van der Waals surface area contributed by atoms with Crippen molar-refractivity contribution in [2.75, 3.05) is 0 Å². The summed E-state index contributed by atoms with van der Waals surface area (Å²) in [4.78, 5) is 0. The molecule has 0 aromatic rings. The Morgan fingerprint density at radius 1 is 1.55 bits per heavy atom. The molecule has 2 nitrogen and oxygen atoms in total.